The van der Waals surface area contributed by atoms with Gasteiger partial charge in [-0.05, 0) is 26.3 Å². The molecule has 6 nitrogen and oxygen atoms in total. The summed E-state index contributed by atoms with van der Waals surface area (Å²) in [5.74, 6) is 0.603. The summed E-state index contributed by atoms with van der Waals surface area (Å²) in [6.07, 6.45) is 3.53. The Balaban J connectivity index is 1.84. The molecule has 1 saturated carbocycles. The van der Waals surface area contributed by atoms with E-state index in [1.54, 1.807) is 7.11 Å². The molecule has 0 radical (unpaired) electrons. The van der Waals surface area contributed by atoms with E-state index in [9.17, 15) is 0 Å². The Morgan fingerprint density at radius 1 is 1.44 bits per heavy atom. The Bertz CT molecular complexity index is 328. The fourth-order valence-electron chi connectivity index (χ4n) is 1.99. The van der Waals surface area contributed by atoms with Gasteiger partial charge in [-0.1, -0.05) is 5.10 Å². The van der Waals surface area contributed by atoms with Crippen LogP contribution in [0.4, 0.5) is 6.01 Å². The molecule has 16 heavy (non-hydrogen) atoms. The number of nitrogens with one attached hydrogen (secondary N) is 2. The predicted molar refractivity (Wildman–Crippen MR) is 59.1 cm³/mol. The molecule has 6 heteroatoms. The lowest BCUT2D eigenvalue weighted by Crippen LogP contribution is -2.17. The number of hydrogen-bond donors (Lipinski definition) is 2. The van der Waals surface area contributed by atoms with Crippen LogP contribution >= 0.6 is 0 Å². The van der Waals surface area contributed by atoms with E-state index in [4.69, 9.17) is 9.15 Å². The van der Waals surface area contributed by atoms with Crippen molar-refractivity contribution in [3.63, 3.8) is 0 Å². The van der Waals surface area contributed by atoms with Crippen LogP contribution < -0.4 is 10.6 Å². The normalized spacial score (nSPS) is 24.9. The summed E-state index contributed by atoms with van der Waals surface area (Å²) in [5, 5.41) is 14.1. The molecule has 0 amide bonds. The van der Waals surface area contributed by atoms with Gasteiger partial charge in [0.05, 0.1) is 12.6 Å². The molecule has 90 valence electrons. The molecule has 2 N–H and O–H groups in total. The van der Waals surface area contributed by atoms with Crippen LogP contribution in [0.3, 0.4) is 0 Å². The van der Waals surface area contributed by atoms with Gasteiger partial charge in [0.1, 0.15) is 0 Å². The Morgan fingerprint density at radius 3 is 3.00 bits per heavy atom. The molecule has 2 unspecified atom stereocenters. The van der Waals surface area contributed by atoms with Crippen molar-refractivity contribution in [1.29, 1.82) is 0 Å². The standard InChI is InChI=1S/C10H18N4O2/c1-11-6-9-13-14-10(16-9)12-7-3-4-8(5-7)15-2/h7-8,11H,3-6H2,1-2H3,(H,12,14). The first kappa shape index (κ1) is 11.3. The van der Waals surface area contributed by atoms with Gasteiger partial charge in [0.2, 0.25) is 5.89 Å². The van der Waals surface area contributed by atoms with Crippen molar-refractivity contribution in [2.45, 2.75) is 38.0 Å². The Morgan fingerprint density at radius 2 is 2.31 bits per heavy atom. The highest BCUT2D eigenvalue weighted by Gasteiger charge is 2.25. The molecule has 1 aromatic rings. The lowest BCUT2D eigenvalue weighted by atomic mass is 10.2. The summed E-state index contributed by atoms with van der Waals surface area (Å²) in [5.41, 5.74) is 0. The van der Waals surface area contributed by atoms with E-state index in [-0.39, 0.29) is 0 Å². The fraction of sp³-hybridized carbons (Fsp3) is 0.800. The maximum absolute atomic E-state index is 5.42. The van der Waals surface area contributed by atoms with Crippen molar-refractivity contribution in [2.75, 3.05) is 19.5 Å². The van der Waals surface area contributed by atoms with Crippen molar-refractivity contribution in [3.05, 3.63) is 5.89 Å². The highest BCUT2D eigenvalue weighted by Crippen LogP contribution is 2.24. The number of ether oxygens (including phenoxy) is 1. The van der Waals surface area contributed by atoms with E-state index >= 15 is 0 Å². The van der Waals surface area contributed by atoms with Gasteiger partial charge < -0.3 is 19.8 Å². The molecule has 0 aromatic carbocycles. The number of anilines is 1. The monoisotopic (exact) mass is 226 g/mol. The minimum Gasteiger partial charge on any atom is -0.407 e. The second kappa shape index (κ2) is 5.27. The van der Waals surface area contributed by atoms with Crippen LogP contribution in [0.2, 0.25) is 0 Å². The van der Waals surface area contributed by atoms with Crippen LogP contribution in [-0.2, 0) is 11.3 Å². The van der Waals surface area contributed by atoms with Gasteiger partial charge in [0.25, 0.3) is 0 Å². The topological polar surface area (TPSA) is 72.2 Å². The lowest BCUT2D eigenvalue weighted by molar-refractivity contribution is 0.108. The molecule has 1 heterocycles. The molecular weight excluding hydrogens is 208 g/mol. The average molecular weight is 226 g/mol. The minimum absolute atomic E-state index is 0.359. The smallest absolute Gasteiger partial charge is 0.315 e. The number of aromatic nitrogens is 2. The molecule has 0 saturated heterocycles. The second-order valence-corrected chi connectivity index (χ2v) is 4.04. The van der Waals surface area contributed by atoms with Gasteiger partial charge in [0.15, 0.2) is 0 Å². The largest absolute Gasteiger partial charge is 0.407 e. The van der Waals surface area contributed by atoms with E-state index < -0.39 is 0 Å². The maximum atomic E-state index is 5.42. The van der Waals surface area contributed by atoms with Crippen molar-refractivity contribution in [3.8, 4) is 0 Å². The highest BCUT2D eigenvalue weighted by atomic mass is 16.5. The number of nitrogens with zero attached hydrogens (tertiary/aromatic N) is 2. The van der Waals surface area contributed by atoms with Crippen molar-refractivity contribution >= 4 is 6.01 Å². The lowest BCUT2D eigenvalue weighted by Gasteiger charge is -2.09. The zero-order chi connectivity index (χ0) is 11.4. The van der Waals surface area contributed by atoms with Gasteiger partial charge >= 0.3 is 6.01 Å². The van der Waals surface area contributed by atoms with Gasteiger partial charge in [-0.25, -0.2) is 0 Å². The van der Waals surface area contributed by atoms with Crippen molar-refractivity contribution < 1.29 is 9.15 Å². The van der Waals surface area contributed by atoms with E-state index in [0.717, 1.165) is 19.3 Å². The van der Waals surface area contributed by atoms with E-state index in [0.29, 0.717) is 30.6 Å². The third-order valence-electron chi connectivity index (χ3n) is 2.84. The summed E-state index contributed by atoms with van der Waals surface area (Å²) in [4.78, 5) is 0. The summed E-state index contributed by atoms with van der Waals surface area (Å²) < 4.78 is 10.7. The van der Waals surface area contributed by atoms with E-state index in [2.05, 4.69) is 20.8 Å². The van der Waals surface area contributed by atoms with Gasteiger partial charge in [0, 0.05) is 13.2 Å². The zero-order valence-electron chi connectivity index (χ0n) is 9.69. The van der Waals surface area contributed by atoms with Crippen LogP contribution in [0, 0.1) is 0 Å². The summed E-state index contributed by atoms with van der Waals surface area (Å²) in [6.45, 7) is 0.597. The van der Waals surface area contributed by atoms with Crippen LogP contribution in [-0.4, -0.2) is 36.5 Å². The molecule has 1 aliphatic carbocycles. The van der Waals surface area contributed by atoms with Crippen LogP contribution in [0.25, 0.3) is 0 Å². The summed E-state index contributed by atoms with van der Waals surface area (Å²) in [6, 6.07) is 0.889. The third kappa shape index (κ3) is 2.70. The zero-order valence-corrected chi connectivity index (χ0v) is 9.69. The van der Waals surface area contributed by atoms with Crippen LogP contribution in [0.15, 0.2) is 4.42 Å². The summed E-state index contributed by atoms with van der Waals surface area (Å²) in [7, 11) is 3.60. The molecular formula is C10H18N4O2. The molecule has 2 atom stereocenters. The maximum Gasteiger partial charge on any atom is 0.315 e. The Hall–Kier alpha value is -1.14. The molecule has 2 rings (SSSR count). The Labute approximate surface area is 94.8 Å². The summed E-state index contributed by atoms with van der Waals surface area (Å²) >= 11 is 0. The fourth-order valence-corrected chi connectivity index (χ4v) is 1.99. The van der Waals surface area contributed by atoms with Gasteiger partial charge in [-0.3, -0.25) is 0 Å². The third-order valence-corrected chi connectivity index (χ3v) is 2.84. The first-order valence-electron chi connectivity index (χ1n) is 5.58. The van der Waals surface area contributed by atoms with E-state index in [1.807, 2.05) is 7.05 Å². The number of methoxy groups -OCH3 is 1. The number of rotatable bonds is 5. The molecule has 0 spiro atoms. The highest BCUT2D eigenvalue weighted by molar-refractivity contribution is 5.20. The van der Waals surface area contributed by atoms with Crippen LogP contribution in [0.1, 0.15) is 25.2 Å². The quantitative estimate of drug-likeness (QED) is 0.772. The molecule has 1 aliphatic rings. The van der Waals surface area contributed by atoms with Gasteiger partial charge in [-0.15, -0.1) is 5.10 Å². The average Bonchev–Trinajstić information content (AvgIpc) is 2.89. The number of hydrogen-bond acceptors (Lipinski definition) is 6. The molecule has 0 bridgehead atoms. The van der Waals surface area contributed by atoms with Crippen molar-refractivity contribution in [1.82, 2.24) is 15.5 Å². The molecule has 0 aliphatic heterocycles. The first-order valence-corrected chi connectivity index (χ1v) is 5.58. The Kier molecular flexibility index (Phi) is 3.74. The van der Waals surface area contributed by atoms with E-state index in [1.165, 1.54) is 0 Å². The van der Waals surface area contributed by atoms with Crippen LogP contribution in [0.5, 0.6) is 0 Å². The molecule has 1 aromatic heterocycles. The first-order chi connectivity index (χ1) is 7.81. The predicted octanol–water partition coefficient (Wildman–Crippen LogP) is 0.768. The minimum atomic E-state index is 0.359. The van der Waals surface area contributed by atoms with Gasteiger partial charge in [-0.2, -0.15) is 0 Å². The second-order valence-electron chi connectivity index (χ2n) is 4.04. The SMILES string of the molecule is CNCc1nnc(NC2CCC(OC)C2)o1. The van der Waals surface area contributed by atoms with Crippen molar-refractivity contribution in [2.24, 2.45) is 0 Å². The molecule has 1 fully saturated rings.